The molecule has 134 valence electrons. The molecule has 1 aliphatic rings. The van der Waals surface area contributed by atoms with Gasteiger partial charge in [-0.1, -0.05) is 17.7 Å². The van der Waals surface area contributed by atoms with Crippen LogP contribution in [0.2, 0.25) is 5.02 Å². The normalized spacial score (nSPS) is 15.7. The summed E-state index contributed by atoms with van der Waals surface area (Å²) >= 11 is 10.2. The molecule has 3 rings (SSSR count). The Kier molecular flexibility index (Phi) is 5.60. The van der Waals surface area contributed by atoms with Gasteiger partial charge in [-0.3, -0.25) is 9.59 Å². The average Bonchev–Trinajstić information content (AvgIpc) is 2.89. The highest BCUT2D eigenvalue weighted by Gasteiger charge is 2.36. The van der Waals surface area contributed by atoms with Gasteiger partial charge in [0, 0.05) is 16.7 Å². The Morgan fingerprint density at radius 2 is 1.85 bits per heavy atom. The average molecular weight is 455 g/mol. The van der Waals surface area contributed by atoms with Crippen molar-refractivity contribution in [2.45, 2.75) is 0 Å². The number of carbonyl (C=O) groups is 2. The van der Waals surface area contributed by atoms with Gasteiger partial charge >= 0.3 is 0 Å². The third kappa shape index (κ3) is 3.60. The maximum Gasteiger partial charge on any atom is 0.298 e. The van der Waals surface area contributed by atoms with Crippen molar-refractivity contribution in [2.75, 3.05) is 19.1 Å². The van der Waals surface area contributed by atoms with Crippen LogP contribution in [0.4, 0.5) is 10.5 Å². The lowest BCUT2D eigenvalue weighted by molar-refractivity contribution is -0.113. The van der Waals surface area contributed by atoms with Crippen LogP contribution >= 0.6 is 39.3 Å². The van der Waals surface area contributed by atoms with Gasteiger partial charge in [0.15, 0.2) is 0 Å². The van der Waals surface area contributed by atoms with Gasteiger partial charge in [0.2, 0.25) is 0 Å². The number of imide groups is 1. The van der Waals surface area contributed by atoms with Gasteiger partial charge in [-0.05, 0) is 58.0 Å². The van der Waals surface area contributed by atoms with Crippen molar-refractivity contribution in [3.05, 3.63) is 56.4 Å². The second-order valence-corrected chi connectivity index (χ2v) is 7.51. The minimum Gasteiger partial charge on any atom is -0.496 e. The number of amides is 2. The Morgan fingerprint density at radius 3 is 2.50 bits per heavy atom. The number of ether oxygens (including phenoxy) is 2. The van der Waals surface area contributed by atoms with Crippen molar-refractivity contribution in [3.63, 3.8) is 0 Å². The van der Waals surface area contributed by atoms with Gasteiger partial charge in [0.05, 0.1) is 29.3 Å². The fourth-order valence-corrected chi connectivity index (χ4v) is 3.98. The zero-order chi connectivity index (χ0) is 18.8. The van der Waals surface area contributed by atoms with E-state index in [-0.39, 0.29) is 5.24 Å². The van der Waals surface area contributed by atoms with Gasteiger partial charge in [0.1, 0.15) is 11.5 Å². The molecule has 5 nitrogen and oxygen atoms in total. The first-order valence-electron chi connectivity index (χ1n) is 7.39. The molecular weight excluding hydrogens is 442 g/mol. The molecule has 2 aromatic carbocycles. The van der Waals surface area contributed by atoms with Crippen LogP contribution in [0.5, 0.6) is 11.5 Å². The Balaban J connectivity index is 1.99. The van der Waals surface area contributed by atoms with Crippen LogP contribution in [0, 0.1) is 0 Å². The summed E-state index contributed by atoms with van der Waals surface area (Å²) in [6, 6.07) is 10.1. The molecule has 0 saturated carbocycles. The summed E-state index contributed by atoms with van der Waals surface area (Å²) in [6.45, 7) is 0. The van der Waals surface area contributed by atoms with Crippen molar-refractivity contribution >= 4 is 62.2 Å². The molecule has 26 heavy (non-hydrogen) atoms. The minimum atomic E-state index is -0.406. The Bertz CT molecular complexity index is 931. The Labute approximate surface area is 168 Å². The lowest BCUT2D eigenvalue weighted by atomic mass is 10.1. The number of halogens is 2. The number of anilines is 1. The number of rotatable bonds is 4. The molecular formula is C18H13BrClNO4S. The number of hydrogen-bond donors (Lipinski definition) is 0. The van der Waals surface area contributed by atoms with E-state index in [0.717, 1.165) is 16.7 Å². The Hall–Kier alpha value is -1.96. The summed E-state index contributed by atoms with van der Waals surface area (Å²) in [5.74, 6) is 0.724. The molecule has 0 spiro atoms. The van der Waals surface area contributed by atoms with Crippen LogP contribution in [-0.2, 0) is 4.79 Å². The van der Waals surface area contributed by atoms with Crippen molar-refractivity contribution in [3.8, 4) is 11.5 Å². The summed E-state index contributed by atoms with van der Waals surface area (Å²) in [6.07, 6.45) is 1.62. The summed E-state index contributed by atoms with van der Waals surface area (Å²) < 4.78 is 11.3. The molecule has 1 fully saturated rings. The molecule has 0 radical (unpaired) electrons. The summed E-state index contributed by atoms with van der Waals surface area (Å²) in [7, 11) is 3.08. The van der Waals surface area contributed by atoms with Gasteiger partial charge in [-0.15, -0.1) is 0 Å². The first-order chi connectivity index (χ1) is 12.4. The summed E-state index contributed by atoms with van der Waals surface area (Å²) in [4.78, 5) is 26.5. The van der Waals surface area contributed by atoms with E-state index in [9.17, 15) is 9.59 Å². The first kappa shape index (κ1) is 18.8. The van der Waals surface area contributed by atoms with Crippen LogP contribution in [-0.4, -0.2) is 25.4 Å². The third-order valence-corrected chi connectivity index (χ3v) is 5.38. The number of thioether (sulfide) groups is 1. The van der Waals surface area contributed by atoms with Crippen molar-refractivity contribution < 1.29 is 19.1 Å². The number of nitrogens with zero attached hydrogens (tertiary/aromatic N) is 1. The number of methoxy groups -OCH3 is 2. The van der Waals surface area contributed by atoms with Crippen molar-refractivity contribution in [1.82, 2.24) is 0 Å². The van der Waals surface area contributed by atoms with E-state index in [2.05, 4.69) is 15.9 Å². The largest absolute Gasteiger partial charge is 0.496 e. The fourth-order valence-electron chi connectivity index (χ4n) is 2.44. The molecule has 1 saturated heterocycles. The van der Waals surface area contributed by atoms with Gasteiger partial charge in [-0.2, -0.15) is 0 Å². The summed E-state index contributed by atoms with van der Waals surface area (Å²) in [5.41, 5.74) is 1.09. The zero-order valence-corrected chi connectivity index (χ0v) is 16.9. The smallest absolute Gasteiger partial charge is 0.298 e. The molecule has 0 bridgehead atoms. The highest BCUT2D eigenvalue weighted by Crippen LogP contribution is 2.39. The SMILES string of the molecule is COc1cc(OC)c(C=C2SC(=O)N(c3cccc(Cl)c3)C2=O)cc1Br. The highest BCUT2D eigenvalue weighted by molar-refractivity contribution is 9.10. The van der Waals surface area contributed by atoms with Crippen LogP contribution in [0.15, 0.2) is 45.8 Å². The van der Waals surface area contributed by atoms with Gasteiger partial charge in [0.25, 0.3) is 11.1 Å². The van der Waals surface area contributed by atoms with E-state index in [1.165, 1.54) is 7.11 Å². The molecule has 0 unspecified atom stereocenters. The molecule has 8 heteroatoms. The molecule has 1 heterocycles. The molecule has 2 aromatic rings. The second-order valence-electron chi connectivity index (χ2n) is 5.23. The number of benzene rings is 2. The monoisotopic (exact) mass is 453 g/mol. The quantitative estimate of drug-likeness (QED) is 0.582. The number of hydrogen-bond acceptors (Lipinski definition) is 5. The maximum absolute atomic E-state index is 12.7. The Morgan fingerprint density at radius 1 is 1.12 bits per heavy atom. The molecule has 0 aliphatic carbocycles. The molecule has 0 atom stereocenters. The lowest BCUT2D eigenvalue weighted by Crippen LogP contribution is -2.27. The van der Waals surface area contributed by atoms with Crippen LogP contribution in [0.3, 0.4) is 0 Å². The second kappa shape index (κ2) is 7.73. The predicted octanol–water partition coefficient (Wildman–Crippen LogP) is 5.36. The van der Waals surface area contributed by atoms with Gasteiger partial charge in [-0.25, -0.2) is 4.90 Å². The van der Waals surface area contributed by atoms with E-state index in [1.807, 2.05) is 0 Å². The van der Waals surface area contributed by atoms with Crippen LogP contribution in [0.25, 0.3) is 6.08 Å². The van der Waals surface area contributed by atoms with Crippen molar-refractivity contribution in [1.29, 1.82) is 0 Å². The predicted molar refractivity (Wildman–Crippen MR) is 107 cm³/mol. The molecule has 0 aromatic heterocycles. The minimum absolute atomic E-state index is 0.297. The maximum atomic E-state index is 12.7. The van der Waals surface area contributed by atoms with E-state index in [4.69, 9.17) is 21.1 Å². The standard InChI is InChI=1S/C18H13BrClNO4S/c1-24-14-9-15(25-2)13(19)6-10(14)7-16-17(22)21(18(23)26-16)12-5-3-4-11(20)8-12/h3-9H,1-2H3. The summed E-state index contributed by atoms with van der Waals surface area (Å²) in [5, 5.41) is 0.0707. The topological polar surface area (TPSA) is 55.8 Å². The van der Waals surface area contributed by atoms with E-state index in [1.54, 1.807) is 49.6 Å². The molecule has 2 amide bonds. The molecule has 1 aliphatic heterocycles. The molecule has 0 N–H and O–H groups in total. The first-order valence-corrected chi connectivity index (χ1v) is 9.38. The van der Waals surface area contributed by atoms with Crippen LogP contribution in [0.1, 0.15) is 5.56 Å². The number of carbonyl (C=O) groups excluding carboxylic acids is 2. The zero-order valence-electron chi connectivity index (χ0n) is 13.8. The lowest BCUT2D eigenvalue weighted by Gasteiger charge is -2.12. The van der Waals surface area contributed by atoms with E-state index >= 15 is 0 Å². The highest BCUT2D eigenvalue weighted by atomic mass is 79.9. The van der Waals surface area contributed by atoms with Crippen LogP contribution < -0.4 is 14.4 Å². The fraction of sp³-hybridized carbons (Fsp3) is 0.111. The van der Waals surface area contributed by atoms with E-state index < -0.39 is 5.91 Å². The van der Waals surface area contributed by atoms with Gasteiger partial charge < -0.3 is 9.47 Å². The third-order valence-electron chi connectivity index (χ3n) is 3.65. The van der Waals surface area contributed by atoms with E-state index in [0.29, 0.717) is 37.2 Å². The van der Waals surface area contributed by atoms with Crippen molar-refractivity contribution in [2.24, 2.45) is 0 Å².